The molecule has 0 unspecified atom stereocenters. The molecule has 0 amide bonds. The summed E-state index contributed by atoms with van der Waals surface area (Å²) < 4.78 is 13.6. The zero-order chi connectivity index (χ0) is 16.4. The minimum Gasteiger partial charge on any atom is -0.491 e. The quantitative estimate of drug-likeness (QED) is 0.536. The van der Waals surface area contributed by atoms with Crippen molar-refractivity contribution in [2.75, 3.05) is 6.61 Å². The van der Waals surface area contributed by atoms with E-state index >= 15 is 0 Å². The standard InChI is InChI=1S/C20H18N2O2/c1-15-7-2-5-10-18(15)24-14-12-22-17-9-4-3-8-16(17)21-20(22)19-11-6-13-23-19/h2-11,13H,12,14H2,1H3. The Kier molecular flexibility index (Phi) is 3.79. The Morgan fingerprint density at radius 1 is 1.00 bits per heavy atom. The largest absolute Gasteiger partial charge is 0.491 e. The number of rotatable bonds is 5. The van der Waals surface area contributed by atoms with E-state index in [4.69, 9.17) is 14.1 Å². The third kappa shape index (κ3) is 2.67. The lowest BCUT2D eigenvalue weighted by Gasteiger charge is -2.11. The summed E-state index contributed by atoms with van der Waals surface area (Å²) in [6.45, 7) is 3.32. The molecule has 0 fully saturated rings. The molecule has 2 aromatic carbocycles. The average Bonchev–Trinajstić information content (AvgIpc) is 3.24. The summed E-state index contributed by atoms with van der Waals surface area (Å²) in [6.07, 6.45) is 1.67. The van der Waals surface area contributed by atoms with Gasteiger partial charge in [0.15, 0.2) is 11.6 Å². The van der Waals surface area contributed by atoms with Crippen molar-refractivity contribution >= 4 is 11.0 Å². The van der Waals surface area contributed by atoms with Crippen LogP contribution in [-0.4, -0.2) is 16.2 Å². The average molecular weight is 318 g/mol. The highest BCUT2D eigenvalue weighted by Gasteiger charge is 2.14. The Morgan fingerprint density at radius 3 is 2.67 bits per heavy atom. The minimum absolute atomic E-state index is 0.568. The van der Waals surface area contributed by atoms with Crippen LogP contribution >= 0.6 is 0 Å². The molecular formula is C20H18N2O2. The Labute approximate surface area is 140 Å². The van der Waals surface area contributed by atoms with Crippen molar-refractivity contribution in [3.63, 3.8) is 0 Å². The van der Waals surface area contributed by atoms with Crippen molar-refractivity contribution in [2.24, 2.45) is 0 Å². The van der Waals surface area contributed by atoms with E-state index in [1.165, 1.54) is 0 Å². The van der Waals surface area contributed by atoms with Crippen LogP contribution in [0.4, 0.5) is 0 Å². The Hall–Kier alpha value is -3.01. The molecule has 0 radical (unpaired) electrons. The summed E-state index contributed by atoms with van der Waals surface area (Å²) in [4.78, 5) is 4.71. The van der Waals surface area contributed by atoms with Gasteiger partial charge < -0.3 is 13.7 Å². The van der Waals surface area contributed by atoms with Crippen molar-refractivity contribution in [3.8, 4) is 17.3 Å². The molecule has 4 rings (SSSR count). The van der Waals surface area contributed by atoms with E-state index in [9.17, 15) is 0 Å². The van der Waals surface area contributed by atoms with Crippen LogP contribution in [0.5, 0.6) is 5.75 Å². The minimum atomic E-state index is 0.568. The Morgan fingerprint density at radius 2 is 1.83 bits per heavy atom. The van der Waals surface area contributed by atoms with Crippen molar-refractivity contribution in [1.29, 1.82) is 0 Å². The lowest BCUT2D eigenvalue weighted by atomic mass is 10.2. The van der Waals surface area contributed by atoms with Gasteiger partial charge >= 0.3 is 0 Å². The van der Waals surface area contributed by atoms with Gasteiger partial charge in [-0.15, -0.1) is 0 Å². The van der Waals surface area contributed by atoms with Gasteiger partial charge in [0.25, 0.3) is 0 Å². The van der Waals surface area contributed by atoms with Crippen LogP contribution in [0.15, 0.2) is 71.3 Å². The molecule has 120 valence electrons. The van der Waals surface area contributed by atoms with Gasteiger partial charge in [0.05, 0.1) is 23.8 Å². The molecule has 0 aliphatic rings. The molecule has 2 heterocycles. The zero-order valence-electron chi connectivity index (χ0n) is 13.5. The van der Waals surface area contributed by atoms with Crippen LogP contribution in [0.25, 0.3) is 22.6 Å². The van der Waals surface area contributed by atoms with Crippen molar-refractivity contribution in [2.45, 2.75) is 13.5 Å². The van der Waals surface area contributed by atoms with E-state index in [0.29, 0.717) is 13.2 Å². The van der Waals surface area contributed by atoms with Gasteiger partial charge in [0.2, 0.25) is 0 Å². The number of hydrogen-bond donors (Lipinski definition) is 0. The summed E-state index contributed by atoms with van der Waals surface area (Å²) in [7, 11) is 0. The number of benzene rings is 2. The first kappa shape index (κ1) is 14.6. The van der Waals surface area contributed by atoms with Crippen LogP contribution < -0.4 is 4.74 Å². The predicted molar refractivity (Wildman–Crippen MR) is 94.1 cm³/mol. The number of ether oxygens (including phenoxy) is 1. The summed E-state index contributed by atoms with van der Waals surface area (Å²) in [5.41, 5.74) is 3.18. The van der Waals surface area contributed by atoms with Gasteiger partial charge in [-0.05, 0) is 42.8 Å². The molecule has 4 aromatic rings. The molecule has 0 atom stereocenters. The maximum Gasteiger partial charge on any atom is 0.177 e. The third-order valence-electron chi connectivity index (χ3n) is 4.06. The predicted octanol–water partition coefficient (Wildman–Crippen LogP) is 4.68. The van der Waals surface area contributed by atoms with Gasteiger partial charge in [-0.25, -0.2) is 4.98 Å². The number of aromatic nitrogens is 2. The molecule has 0 saturated carbocycles. The highest BCUT2D eigenvalue weighted by molar-refractivity contribution is 5.79. The Bertz CT molecular complexity index is 955. The van der Waals surface area contributed by atoms with E-state index in [2.05, 4.69) is 23.6 Å². The van der Waals surface area contributed by atoms with Crippen molar-refractivity contribution < 1.29 is 9.15 Å². The van der Waals surface area contributed by atoms with Crippen LogP contribution in [0.2, 0.25) is 0 Å². The maximum absolute atomic E-state index is 5.95. The fourth-order valence-corrected chi connectivity index (χ4v) is 2.86. The monoisotopic (exact) mass is 318 g/mol. The zero-order valence-corrected chi connectivity index (χ0v) is 13.5. The number of para-hydroxylation sites is 3. The molecule has 0 spiro atoms. The van der Waals surface area contributed by atoms with Crippen LogP contribution in [0.1, 0.15) is 5.56 Å². The topological polar surface area (TPSA) is 40.2 Å². The smallest absolute Gasteiger partial charge is 0.177 e. The van der Waals surface area contributed by atoms with Gasteiger partial charge in [0.1, 0.15) is 12.4 Å². The maximum atomic E-state index is 5.95. The van der Waals surface area contributed by atoms with E-state index in [-0.39, 0.29) is 0 Å². The number of fused-ring (bicyclic) bond motifs is 1. The van der Waals surface area contributed by atoms with Gasteiger partial charge in [-0.2, -0.15) is 0 Å². The highest BCUT2D eigenvalue weighted by Crippen LogP contribution is 2.25. The molecule has 24 heavy (non-hydrogen) atoms. The number of imidazole rings is 1. The molecule has 4 heteroatoms. The number of nitrogens with zero attached hydrogens (tertiary/aromatic N) is 2. The SMILES string of the molecule is Cc1ccccc1OCCn1c(-c2ccco2)nc2ccccc21. The Balaban J connectivity index is 1.63. The van der Waals surface area contributed by atoms with Gasteiger partial charge in [-0.3, -0.25) is 0 Å². The molecular weight excluding hydrogens is 300 g/mol. The fourth-order valence-electron chi connectivity index (χ4n) is 2.86. The number of aryl methyl sites for hydroxylation is 1. The summed E-state index contributed by atoms with van der Waals surface area (Å²) in [5.74, 6) is 2.51. The van der Waals surface area contributed by atoms with E-state index in [1.807, 2.05) is 48.5 Å². The van der Waals surface area contributed by atoms with Gasteiger partial charge in [0, 0.05) is 0 Å². The molecule has 0 bridgehead atoms. The molecule has 4 nitrogen and oxygen atoms in total. The van der Waals surface area contributed by atoms with Crippen LogP contribution in [0.3, 0.4) is 0 Å². The lowest BCUT2D eigenvalue weighted by molar-refractivity contribution is 0.298. The molecule has 0 aliphatic carbocycles. The first-order valence-electron chi connectivity index (χ1n) is 8.00. The first-order chi connectivity index (χ1) is 11.8. The van der Waals surface area contributed by atoms with Crippen LogP contribution in [-0.2, 0) is 6.54 Å². The van der Waals surface area contributed by atoms with Crippen molar-refractivity contribution in [3.05, 3.63) is 72.5 Å². The first-order valence-corrected chi connectivity index (χ1v) is 8.00. The normalized spacial score (nSPS) is 11.0. The molecule has 2 aromatic heterocycles. The second-order valence-electron chi connectivity index (χ2n) is 5.67. The van der Waals surface area contributed by atoms with E-state index in [1.54, 1.807) is 6.26 Å². The number of hydrogen-bond acceptors (Lipinski definition) is 3. The van der Waals surface area contributed by atoms with Gasteiger partial charge in [-0.1, -0.05) is 30.3 Å². The van der Waals surface area contributed by atoms with Crippen LogP contribution in [0, 0.1) is 6.92 Å². The molecule has 0 N–H and O–H groups in total. The number of furan rings is 1. The molecule has 0 saturated heterocycles. The highest BCUT2D eigenvalue weighted by atomic mass is 16.5. The summed E-state index contributed by atoms with van der Waals surface area (Å²) >= 11 is 0. The third-order valence-corrected chi connectivity index (χ3v) is 4.06. The summed E-state index contributed by atoms with van der Waals surface area (Å²) in [6, 6.07) is 20.0. The van der Waals surface area contributed by atoms with E-state index in [0.717, 1.165) is 33.9 Å². The van der Waals surface area contributed by atoms with Crippen molar-refractivity contribution in [1.82, 2.24) is 9.55 Å². The van der Waals surface area contributed by atoms with E-state index < -0.39 is 0 Å². The summed E-state index contributed by atoms with van der Waals surface area (Å²) in [5, 5.41) is 0. The second-order valence-corrected chi connectivity index (χ2v) is 5.67. The molecule has 0 aliphatic heterocycles. The lowest BCUT2D eigenvalue weighted by Crippen LogP contribution is -2.09. The fraction of sp³-hybridized carbons (Fsp3) is 0.150. The second kappa shape index (κ2) is 6.24.